The van der Waals surface area contributed by atoms with Gasteiger partial charge in [-0.1, -0.05) is 12.1 Å². The zero-order valence-corrected chi connectivity index (χ0v) is 18.7. The minimum absolute atomic E-state index is 0.0308. The molecule has 2 N–H and O–H groups in total. The number of imidazole rings is 1. The van der Waals surface area contributed by atoms with Gasteiger partial charge in [-0.25, -0.2) is 13.8 Å². The lowest BCUT2D eigenvalue weighted by Crippen LogP contribution is -2.35. The molecule has 2 atom stereocenters. The van der Waals surface area contributed by atoms with Crippen LogP contribution in [0.3, 0.4) is 0 Å². The number of nitrogens with zero attached hydrogens (tertiary/aromatic N) is 2. The van der Waals surface area contributed by atoms with Crippen molar-refractivity contribution in [2.45, 2.75) is 64.0 Å². The van der Waals surface area contributed by atoms with Crippen molar-refractivity contribution in [1.29, 1.82) is 5.41 Å². The first-order valence-electron chi connectivity index (χ1n) is 11.5. The molecule has 7 nitrogen and oxygen atoms in total. The van der Waals surface area contributed by atoms with Crippen molar-refractivity contribution in [2.75, 3.05) is 13.2 Å². The molecule has 9 heteroatoms. The number of hydrogen-bond acceptors (Lipinski definition) is 5. The first-order chi connectivity index (χ1) is 15.9. The third kappa shape index (κ3) is 5.76. The fourth-order valence-electron chi connectivity index (χ4n) is 4.71. The highest BCUT2D eigenvalue weighted by molar-refractivity contribution is 5.92. The fourth-order valence-corrected chi connectivity index (χ4v) is 4.71. The predicted octanol–water partition coefficient (Wildman–Crippen LogP) is 4.68. The number of nitrogens with one attached hydrogen (secondary N) is 2. The van der Waals surface area contributed by atoms with Crippen LogP contribution in [0.15, 0.2) is 30.3 Å². The third-order valence-electron chi connectivity index (χ3n) is 6.33. The second kappa shape index (κ2) is 10.4. The summed E-state index contributed by atoms with van der Waals surface area (Å²) in [7, 11) is 0. The summed E-state index contributed by atoms with van der Waals surface area (Å²) in [6, 6.07) is 6.95. The molecule has 33 heavy (non-hydrogen) atoms. The molecule has 1 saturated heterocycles. The average molecular weight is 461 g/mol. The van der Waals surface area contributed by atoms with E-state index in [1.807, 2.05) is 0 Å². The van der Waals surface area contributed by atoms with E-state index in [0.29, 0.717) is 35.5 Å². The smallest absolute Gasteiger partial charge is 0.295 e. The van der Waals surface area contributed by atoms with Crippen molar-refractivity contribution < 1.29 is 23.0 Å². The maximum Gasteiger partial charge on any atom is 0.295 e. The zero-order chi connectivity index (χ0) is 23.4. The van der Waals surface area contributed by atoms with Crippen LogP contribution in [0.4, 0.5) is 8.78 Å². The number of para-hydroxylation sites is 2. The molecule has 0 bridgehead atoms. The number of rotatable bonds is 7. The molecule has 2 heterocycles. The number of benzene rings is 1. The van der Waals surface area contributed by atoms with Crippen molar-refractivity contribution in [1.82, 2.24) is 14.9 Å². The second-order valence-corrected chi connectivity index (χ2v) is 8.82. The summed E-state index contributed by atoms with van der Waals surface area (Å²) in [5.41, 5.74) is 1.47. The summed E-state index contributed by atoms with van der Waals surface area (Å²) in [4.78, 5) is 16.4. The molecule has 2 fully saturated rings. The topological polar surface area (TPSA) is 89.2 Å². The maximum absolute atomic E-state index is 13.6. The minimum Gasteiger partial charge on any atom is -0.475 e. The third-order valence-corrected chi connectivity index (χ3v) is 6.33. The van der Waals surface area contributed by atoms with Gasteiger partial charge in [0.1, 0.15) is 6.10 Å². The van der Waals surface area contributed by atoms with Gasteiger partial charge in [0, 0.05) is 43.9 Å². The number of halogens is 2. The Morgan fingerprint density at radius 3 is 2.82 bits per heavy atom. The van der Waals surface area contributed by atoms with Crippen LogP contribution in [0.2, 0.25) is 0 Å². The lowest BCUT2D eigenvalue weighted by Gasteiger charge is -2.22. The van der Waals surface area contributed by atoms with Gasteiger partial charge in [0.2, 0.25) is 11.8 Å². The Balaban J connectivity index is 1.33. The molecular weight excluding hydrogens is 430 g/mol. The molecular formula is C24H30F2N4O3. The lowest BCUT2D eigenvalue weighted by molar-refractivity contribution is -0.123. The zero-order valence-electron chi connectivity index (χ0n) is 18.7. The molecule has 2 aliphatic rings. The Hall–Kier alpha value is -2.81. The van der Waals surface area contributed by atoms with Gasteiger partial charge in [-0.2, -0.15) is 0 Å². The van der Waals surface area contributed by atoms with Crippen molar-refractivity contribution in [2.24, 2.45) is 5.92 Å². The van der Waals surface area contributed by atoms with E-state index >= 15 is 0 Å². The number of hydrogen-bond donors (Lipinski definition) is 2. The highest BCUT2D eigenvalue weighted by Gasteiger charge is 2.29. The number of carbonyl (C=O) groups excluding carboxylic acids is 1. The number of amides is 1. The van der Waals surface area contributed by atoms with Crippen LogP contribution >= 0.6 is 0 Å². The molecule has 1 aromatic heterocycles. The van der Waals surface area contributed by atoms with E-state index < -0.39 is 6.43 Å². The Morgan fingerprint density at radius 1 is 1.30 bits per heavy atom. The minimum atomic E-state index is -2.74. The van der Waals surface area contributed by atoms with E-state index in [4.69, 9.17) is 14.9 Å². The Morgan fingerprint density at radius 2 is 2.06 bits per heavy atom. The number of allylic oxidation sites excluding steroid dienone is 1. The van der Waals surface area contributed by atoms with Gasteiger partial charge in [-0.15, -0.1) is 0 Å². The molecule has 1 aliphatic carbocycles. The molecule has 0 spiro atoms. The van der Waals surface area contributed by atoms with Gasteiger partial charge in [0.25, 0.3) is 6.43 Å². The van der Waals surface area contributed by atoms with Crippen molar-refractivity contribution >= 4 is 28.5 Å². The van der Waals surface area contributed by atoms with E-state index in [2.05, 4.69) is 10.3 Å². The Bertz CT molecular complexity index is 1030. The van der Waals surface area contributed by atoms with Crippen molar-refractivity contribution in [3.05, 3.63) is 36.2 Å². The molecule has 1 saturated carbocycles. The van der Waals surface area contributed by atoms with Crippen LogP contribution in [0.25, 0.3) is 16.7 Å². The lowest BCUT2D eigenvalue weighted by atomic mass is 9.96. The predicted molar refractivity (Wildman–Crippen MR) is 121 cm³/mol. The molecule has 178 valence electrons. The molecule has 4 rings (SSSR count). The Kier molecular flexibility index (Phi) is 7.37. The van der Waals surface area contributed by atoms with Gasteiger partial charge in [-0.3, -0.25) is 14.8 Å². The standard InChI is InChI=1S/C24H30F2N4O3/c1-15(30-20-5-3-2-4-19(20)29-24(30)23(25)26)12-21(27)33-18-7-6-17(14-18)28-22(31)13-16-8-10-32-11-9-16/h2-5,12,16-18,23,27H,6-11,13-14H2,1H3,(H,28,31)/b15-12+,27-21?/t17-,18-/m0/s1. The highest BCUT2D eigenvalue weighted by Crippen LogP contribution is 2.28. The molecule has 2 aromatic rings. The first kappa shape index (κ1) is 23.4. The van der Waals surface area contributed by atoms with E-state index in [1.165, 1.54) is 10.6 Å². The molecule has 0 radical (unpaired) electrons. The monoisotopic (exact) mass is 460 g/mol. The first-order valence-corrected chi connectivity index (χ1v) is 11.5. The van der Waals surface area contributed by atoms with Crippen molar-refractivity contribution in [3.8, 4) is 0 Å². The number of aromatic nitrogens is 2. The van der Waals surface area contributed by atoms with Crippen LogP contribution in [-0.2, 0) is 14.3 Å². The largest absolute Gasteiger partial charge is 0.475 e. The van der Waals surface area contributed by atoms with E-state index in [1.54, 1.807) is 31.2 Å². The fraction of sp³-hybridized carbons (Fsp3) is 0.542. The second-order valence-electron chi connectivity index (χ2n) is 8.82. The summed E-state index contributed by atoms with van der Waals surface area (Å²) in [5.74, 6) is -0.00800. The van der Waals surface area contributed by atoms with Crippen LogP contribution in [0, 0.1) is 11.3 Å². The summed E-state index contributed by atoms with van der Waals surface area (Å²) in [5, 5.41) is 11.3. The Labute approximate surface area is 191 Å². The normalized spacial score (nSPS) is 22.1. The van der Waals surface area contributed by atoms with Crippen LogP contribution < -0.4 is 5.32 Å². The number of carbonyl (C=O) groups is 1. The maximum atomic E-state index is 13.6. The van der Waals surface area contributed by atoms with Crippen LogP contribution in [0.1, 0.15) is 57.7 Å². The van der Waals surface area contributed by atoms with Gasteiger partial charge in [0.15, 0.2) is 5.82 Å². The van der Waals surface area contributed by atoms with Gasteiger partial charge < -0.3 is 14.8 Å². The summed E-state index contributed by atoms with van der Waals surface area (Å²) < 4.78 is 39.6. The number of alkyl halides is 2. The molecule has 1 aromatic carbocycles. The van der Waals surface area contributed by atoms with Gasteiger partial charge in [0.05, 0.1) is 11.0 Å². The van der Waals surface area contributed by atoms with Crippen LogP contribution in [-0.4, -0.2) is 46.7 Å². The summed E-state index contributed by atoms with van der Waals surface area (Å²) >= 11 is 0. The molecule has 0 unspecified atom stereocenters. The van der Waals surface area contributed by atoms with Crippen LogP contribution in [0.5, 0.6) is 0 Å². The average Bonchev–Trinajstić information content (AvgIpc) is 3.38. The van der Waals surface area contributed by atoms with Crippen molar-refractivity contribution in [3.63, 3.8) is 0 Å². The quantitative estimate of drug-likeness (QED) is 0.464. The molecule has 1 amide bonds. The highest BCUT2D eigenvalue weighted by atomic mass is 19.3. The van der Waals surface area contributed by atoms with E-state index in [0.717, 1.165) is 38.9 Å². The summed E-state index contributed by atoms with van der Waals surface area (Å²) in [6.07, 6.45) is 3.03. The van der Waals surface area contributed by atoms with E-state index in [9.17, 15) is 13.6 Å². The van der Waals surface area contributed by atoms with Gasteiger partial charge >= 0.3 is 0 Å². The number of fused-ring (bicyclic) bond motifs is 1. The van der Waals surface area contributed by atoms with Gasteiger partial charge in [-0.05, 0) is 50.7 Å². The summed E-state index contributed by atoms with van der Waals surface area (Å²) in [6.45, 7) is 3.10. The number of ether oxygens (including phenoxy) is 2. The SMILES string of the molecule is C/C(=C\C(=N)O[C@H]1CC[C@H](NC(=O)CC2CCOCC2)C1)n1c(C(F)F)nc2ccccc21. The molecule has 1 aliphatic heterocycles. The van der Waals surface area contributed by atoms with E-state index in [-0.39, 0.29) is 29.8 Å².